The highest BCUT2D eigenvalue weighted by atomic mass is 127. The fourth-order valence-corrected chi connectivity index (χ4v) is 4.06. The summed E-state index contributed by atoms with van der Waals surface area (Å²) in [4.78, 5) is 23.5. The van der Waals surface area contributed by atoms with E-state index in [1.54, 1.807) is 11.3 Å². The van der Waals surface area contributed by atoms with Crippen molar-refractivity contribution in [3.8, 4) is 0 Å². The Morgan fingerprint density at radius 2 is 1.93 bits per heavy atom. The smallest absolute Gasteiger partial charge is 0.223 e. The number of guanidine groups is 1. The molecule has 1 saturated heterocycles. The molecule has 7 nitrogen and oxygen atoms in total. The zero-order chi connectivity index (χ0) is 19.8. The molecule has 2 aliphatic rings. The van der Waals surface area contributed by atoms with E-state index in [2.05, 4.69) is 45.1 Å². The highest BCUT2D eigenvalue weighted by Crippen LogP contribution is 2.28. The summed E-state index contributed by atoms with van der Waals surface area (Å²) in [6.07, 6.45) is 4.46. The van der Waals surface area contributed by atoms with Gasteiger partial charge in [-0.05, 0) is 58.5 Å². The molecule has 0 bridgehead atoms. The van der Waals surface area contributed by atoms with Gasteiger partial charge < -0.3 is 16.0 Å². The maximum absolute atomic E-state index is 11.7. The van der Waals surface area contributed by atoms with Crippen LogP contribution in [0.15, 0.2) is 10.4 Å². The Balaban J connectivity index is 0.00000300. The Kier molecular flexibility index (Phi) is 10.6. The highest BCUT2D eigenvalue weighted by Gasteiger charge is 2.29. The summed E-state index contributed by atoms with van der Waals surface area (Å²) < 4.78 is 0. The van der Waals surface area contributed by atoms with Crippen LogP contribution in [0.5, 0.6) is 0 Å². The Labute approximate surface area is 195 Å². The van der Waals surface area contributed by atoms with Gasteiger partial charge in [0.25, 0.3) is 0 Å². The molecule has 1 amide bonds. The number of halogens is 1. The van der Waals surface area contributed by atoms with E-state index in [1.165, 1.54) is 18.5 Å². The third-order valence-electron chi connectivity index (χ3n) is 5.28. The first-order chi connectivity index (χ1) is 13.6. The standard InChI is InChI=1S/C20H34N6OS.HI/c1-3-21-20(23-9-8-22-19(27)17-4-5-17)24-12-16-6-10-26(11-7-16)13-18-14-28-15(2)25-18;/h14,16-17H,3-13H2,1-2H3,(H,22,27)(H2,21,23,24);1H. The molecule has 2 heterocycles. The normalized spacial score (nSPS) is 18.2. The number of likely N-dealkylation sites (tertiary alicyclic amines) is 1. The van der Waals surface area contributed by atoms with Crippen molar-refractivity contribution in [2.45, 2.75) is 46.1 Å². The number of hydrogen-bond donors (Lipinski definition) is 3. The van der Waals surface area contributed by atoms with Crippen LogP contribution >= 0.6 is 35.3 Å². The molecule has 2 fully saturated rings. The number of nitrogens with one attached hydrogen (secondary N) is 3. The summed E-state index contributed by atoms with van der Waals surface area (Å²) in [5.74, 6) is 1.96. The second-order valence-electron chi connectivity index (χ2n) is 7.79. The first-order valence-corrected chi connectivity index (χ1v) is 11.4. The highest BCUT2D eigenvalue weighted by molar-refractivity contribution is 14.0. The minimum absolute atomic E-state index is 0. The Morgan fingerprint density at radius 1 is 1.21 bits per heavy atom. The minimum atomic E-state index is 0. The molecule has 9 heteroatoms. The molecule has 164 valence electrons. The number of rotatable bonds is 9. The Morgan fingerprint density at radius 3 is 2.55 bits per heavy atom. The van der Waals surface area contributed by atoms with Crippen LogP contribution in [-0.2, 0) is 11.3 Å². The first kappa shape index (κ1) is 24.3. The molecule has 3 rings (SSSR count). The predicted molar refractivity (Wildman–Crippen MR) is 130 cm³/mol. The fraction of sp³-hybridized carbons (Fsp3) is 0.750. The molecule has 0 aromatic carbocycles. The van der Waals surface area contributed by atoms with Crippen molar-refractivity contribution in [3.05, 3.63) is 16.1 Å². The van der Waals surface area contributed by atoms with Crippen LogP contribution in [0.3, 0.4) is 0 Å². The number of aryl methyl sites for hydroxylation is 1. The van der Waals surface area contributed by atoms with Crippen molar-refractivity contribution in [1.29, 1.82) is 0 Å². The number of aliphatic imine (C=N–C) groups is 1. The second-order valence-corrected chi connectivity index (χ2v) is 8.85. The van der Waals surface area contributed by atoms with Gasteiger partial charge >= 0.3 is 0 Å². The minimum Gasteiger partial charge on any atom is -0.357 e. The lowest BCUT2D eigenvalue weighted by Crippen LogP contribution is -2.42. The number of carbonyl (C=O) groups excluding carboxylic acids is 1. The number of nitrogens with zero attached hydrogens (tertiary/aromatic N) is 3. The monoisotopic (exact) mass is 534 g/mol. The van der Waals surface area contributed by atoms with E-state index in [1.807, 2.05) is 0 Å². The molecule has 0 spiro atoms. The van der Waals surface area contributed by atoms with Crippen molar-refractivity contribution >= 4 is 47.2 Å². The number of carbonyl (C=O) groups is 1. The van der Waals surface area contributed by atoms with Crippen LogP contribution in [0.2, 0.25) is 0 Å². The lowest BCUT2D eigenvalue weighted by Gasteiger charge is -2.30. The molecular weight excluding hydrogens is 499 g/mol. The van der Waals surface area contributed by atoms with Crippen molar-refractivity contribution in [1.82, 2.24) is 25.8 Å². The van der Waals surface area contributed by atoms with E-state index >= 15 is 0 Å². The molecule has 1 saturated carbocycles. The summed E-state index contributed by atoms with van der Waals surface area (Å²) in [6, 6.07) is 0. The predicted octanol–water partition coefficient (Wildman–Crippen LogP) is 2.36. The van der Waals surface area contributed by atoms with E-state index in [0.29, 0.717) is 19.0 Å². The SMILES string of the molecule is CCNC(=NCC1CCN(Cc2csc(C)n2)CC1)NCCNC(=O)C1CC1.I. The van der Waals surface area contributed by atoms with Gasteiger partial charge in [0.15, 0.2) is 5.96 Å². The van der Waals surface area contributed by atoms with Gasteiger partial charge in [0.2, 0.25) is 5.91 Å². The van der Waals surface area contributed by atoms with Crippen molar-refractivity contribution in [2.24, 2.45) is 16.8 Å². The van der Waals surface area contributed by atoms with E-state index in [0.717, 1.165) is 56.5 Å². The quantitative estimate of drug-likeness (QED) is 0.196. The zero-order valence-corrected chi connectivity index (χ0v) is 20.7. The van der Waals surface area contributed by atoms with E-state index in [9.17, 15) is 4.79 Å². The van der Waals surface area contributed by atoms with Crippen molar-refractivity contribution < 1.29 is 4.79 Å². The van der Waals surface area contributed by atoms with E-state index in [-0.39, 0.29) is 35.8 Å². The largest absolute Gasteiger partial charge is 0.357 e. The molecule has 0 unspecified atom stereocenters. The summed E-state index contributed by atoms with van der Waals surface area (Å²) in [6.45, 7) is 10.4. The van der Waals surface area contributed by atoms with E-state index in [4.69, 9.17) is 4.99 Å². The van der Waals surface area contributed by atoms with Gasteiger partial charge in [-0.2, -0.15) is 0 Å². The number of aromatic nitrogens is 1. The van der Waals surface area contributed by atoms with Crippen LogP contribution < -0.4 is 16.0 Å². The van der Waals surface area contributed by atoms with Crippen LogP contribution in [0.1, 0.15) is 43.3 Å². The van der Waals surface area contributed by atoms with Crippen LogP contribution in [0, 0.1) is 18.8 Å². The summed E-state index contributed by atoms with van der Waals surface area (Å²) in [5.41, 5.74) is 1.20. The summed E-state index contributed by atoms with van der Waals surface area (Å²) >= 11 is 1.73. The molecule has 29 heavy (non-hydrogen) atoms. The maximum atomic E-state index is 11.7. The first-order valence-electron chi connectivity index (χ1n) is 10.6. The molecular formula is C20H35IN6OS. The molecule has 3 N–H and O–H groups in total. The van der Waals surface area contributed by atoms with Crippen LogP contribution in [0.4, 0.5) is 0 Å². The average Bonchev–Trinajstić information content (AvgIpc) is 3.47. The Hall–Kier alpha value is -0.940. The van der Waals surface area contributed by atoms with Gasteiger partial charge in [0.05, 0.1) is 10.7 Å². The van der Waals surface area contributed by atoms with Gasteiger partial charge in [-0.25, -0.2) is 4.98 Å². The fourth-order valence-electron chi connectivity index (χ4n) is 3.46. The van der Waals surface area contributed by atoms with Crippen molar-refractivity contribution in [3.63, 3.8) is 0 Å². The third kappa shape index (κ3) is 8.75. The zero-order valence-electron chi connectivity index (χ0n) is 17.6. The number of hydrogen-bond acceptors (Lipinski definition) is 5. The molecule has 1 aromatic heterocycles. The lowest BCUT2D eigenvalue weighted by molar-refractivity contribution is -0.122. The number of piperidine rings is 1. The van der Waals surface area contributed by atoms with Crippen molar-refractivity contribution in [2.75, 3.05) is 39.3 Å². The Bertz CT molecular complexity index is 655. The van der Waals surface area contributed by atoms with Gasteiger partial charge in [-0.15, -0.1) is 35.3 Å². The average molecular weight is 535 g/mol. The summed E-state index contributed by atoms with van der Waals surface area (Å²) in [7, 11) is 0. The van der Waals surface area contributed by atoms with Gasteiger partial charge in [-0.1, -0.05) is 0 Å². The van der Waals surface area contributed by atoms with Gasteiger partial charge in [-0.3, -0.25) is 14.7 Å². The van der Waals surface area contributed by atoms with Crippen LogP contribution in [0.25, 0.3) is 0 Å². The maximum Gasteiger partial charge on any atom is 0.223 e. The van der Waals surface area contributed by atoms with Gasteiger partial charge in [0.1, 0.15) is 0 Å². The topological polar surface area (TPSA) is 81.7 Å². The number of amides is 1. The van der Waals surface area contributed by atoms with E-state index < -0.39 is 0 Å². The summed E-state index contributed by atoms with van der Waals surface area (Å²) in [5, 5.41) is 12.9. The molecule has 0 atom stereocenters. The molecule has 1 aromatic rings. The molecule has 1 aliphatic carbocycles. The lowest BCUT2D eigenvalue weighted by atomic mass is 9.97. The number of thiazole rings is 1. The molecule has 1 aliphatic heterocycles. The second kappa shape index (κ2) is 12.7. The molecule has 0 radical (unpaired) electrons. The van der Waals surface area contributed by atoms with Gasteiger partial charge in [0, 0.05) is 44.0 Å². The third-order valence-corrected chi connectivity index (χ3v) is 6.10. The van der Waals surface area contributed by atoms with Crippen LogP contribution in [-0.4, -0.2) is 61.0 Å².